The lowest BCUT2D eigenvalue weighted by molar-refractivity contribution is -0.154. The van der Waals surface area contributed by atoms with Crippen molar-refractivity contribution in [2.24, 2.45) is 11.3 Å². The van der Waals surface area contributed by atoms with E-state index in [1.54, 1.807) is 49.4 Å². The lowest BCUT2D eigenvalue weighted by Gasteiger charge is -2.35. The maximum atomic E-state index is 13.1. The number of fused-ring (bicyclic) bond motifs is 1. The number of nitrogens with one attached hydrogen (secondary N) is 1. The van der Waals surface area contributed by atoms with Gasteiger partial charge in [-0.15, -0.1) is 0 Å². The predicted octanol–water partition coefficient (Wildman–Crippen LogP) is 3.43. The average molecular weight is 474 g/mol. The molecule has 4 rings (SSSR count). The largest absolute Gasteiger partial charge is 0.467 e. The van der Waals surface area contributed by atoms with Crippen molar-refractivity contribution in [3.8, 4) is 11.6 Å². The number of aryl methyl sites for hydroxylation is 1. The molecule has 3 unspecified atom stereocenters. The molecule has 178 valence electrons. The van der Waals surface area contributed by atoms with Crippen LogP contribution in [0.2, 0.25) is 0 Å². The maximum Gasteiger partial charge on any atom is 0.422 e. The van der Waals surface area contributed by atoms with Crippen molar-refractivity contribution in [2.45, 2.75) is 26.1 Å². The summed E-state index contributed by atoms with van der Waals surface area (Å²) in [5.74, 6) is -1.77. The van der Waals surface area contributed by atoms with Gasteiger partial charge in [0.2, 0.25) is 11.8 Å². The number of likely N-dealkylation sites (tertiary alicyclic amines) is 1. The highest BCUT2D eigenvalue weighted by Gasteiger charge is 2.59. The van der Waals surface area contributed by atoms with E-state index >= 15 is 0 Å². The molecule has 1 aromatic carbocycles. The first-order chi connectivity index (χ1) is 16.0. The molecule has 0 saturated carbocycles. The van der Waals surface area contributed by atoms with Gasteiger partial charge in [-0.2, -0.15) is 13.2 Å². The molecule has 0 spiro atoms. The van der Waals surface area contributed by atoms with E-state index in [4.69, 9.17) is 10.1 Å². The molecule has 2 aromatic rings. The summed E-state index contributed by atoms with van der Waals surface area (Å²) in [6.45, 7) is 1.73. The van der Waals surface area contributed by atoms with Gasteiger partial charge in [0.15, 0.2) is 6.61 Å². The number of carbonyl (C=O) groups is 2. The van der Waals surface area contributed by atoms with Crippen molar-refractivity contribution in [3.05, 3.63) is 60.1 Å². The molecule has 1 aliphatic carbocycles. The van der Waals surface area contributed by atoms with Gasteiger partial charge in [0.05, 0.1) is 35.0 Å². The minimum atomic E-state index is -4.51. The Morgan fingerprint density at radius 2 is 2.03 bits per heavy atom. The van der Waals surface area contributed by atoms with Crippen LogP contribution in [0.15, 0.2) is 48.7 Å². The van der Waals surface area contributed by atoms with E-state index in [0.717, 1.165) is 0 Å². The Bertz CT molecular complexity index is 1170. The Labute approximate surface area is 192 Å². The first-order valence-electron chi connectivity index (χ1n) is 10.4. The third-order valence-corrected chi connectivity index (χ3v) is 5.93. The van der Waals surface area contributed by atoms with Crippen molar-refractivity contribution in [1.29, 1.82) is 5.41 Å². The highest BCUT2D eigenvalue weighted by Crippen LogP contribution is 2.49. The molecule has 0 bridgehead atoms. The van der Waals surface area contributed by atoms with Gasteiger partial charge in [0.25, 0.3) is 0 Å². The lowest BCUT2D eigenvalue weighted by atomic mass is 9.66. The van der Waals surface area contributed by atoms with E-state index in [0.29, 0.717) is 11.4 Å². The molecule has 1 saturated heterocycles. The van der Waals surface area contributed by atoms with Crippen LogP contribution in [0.5, 0.6) is 11.6 Å². The van der Waals surface area contributed by atoms with E-state index in [-0.39, 0.29) is 29.7 Å². The number of carbonyl (C=O) groups excluding carboxylic acids is 2. The van der Waals surface area contributed by atoms with Gasteiger partial charge in [0, 0.05) is 6.54 Å². The predicted molar refractivity (Wildman–Crippen MR) is 113 cm³/mol. The number of amides is 1. The van der Waals surface area contributed by atoms with Crippen molar-refractivity contribution in [1.82, 2.24) is 14.9 Å². The van der Waals surface area contributed by atoms with Crippen molar-refractivity contribution in [3.63, 3.8) is 0 Å². The zero-order chi connectivity index (χ0) is 24.7. The molecular formula is C23H21F3N4O4. The van der Waals surface area contributed by atoms with Gasteiger partial charge in [0.1, 0.15) is 11.5 Å². The first-order valence-corrected chi connectivity index (χ1v) is 10.4. The fraction of sp³-hybridized carbons (Fsp3) is 0.348. The summed E-state index contributed by atoms with van der Waals surface area (Å²) in [6, 6.07) is 7.74. The summed E-state index contributed by atoms with van der Waals surface area (Å²) >= 11 is 0. The van der Waals surface area contributed by atoms with E-state index in [9.17, 15) is 22.8 Å². The topological polar surface area (TPSA) is 105 Å². The lowest BCUT2D eigenvalue weighted by Crippen LogP contribution is -2.46. The van der Waals surface area contributed by atoms with Crippen LogP contribution < -0.4 is 9.47 Å². The Kier molecular flexibility index (Phi) is 5.88. The molecule has 11 heteroatoms. The van der Waals surface area contributed by atoms with E-state index < -0.39 is 36.1 Å². The fourth-order valence-electron chi connectivity index (χ4n) is 4.04. The summed E-state index contributed by atoms with van der Waals surface area (Å²) in [5.41, 5.74) is -0.949. The molecule has 1 aromatic heterocycles. The number of halogens is 3. The standard InChI is InChI=1S/C23H21F3N4O4/c1-13-19(33-12-23(24,25)26)28-10-17(29-13)14(2)30-11-22(9-8-16(22)20(30)31)18(27)21(32)34-15-6-4-3-5-7-15/h3-10,14,16,27H,11-12H2,1-2H3. The van der Waals surface area contributed by atoms with E-state index in [2.05, 4.69) is 14.7 Å². The van der Waals surface area contributed by atoms with Gasteiger partial charge in [-0.1, -0.05) is 30.4 Å². The molecule has 1 aliphatic heterocycles. The summed E-state index contributed by atoms with van der Waals surface area (Å²) in [6.07, 6.45) is 0.0486. The summed E-state index contributed by atoms with van der Waals surface area (Å²) in [7, 11) is 0. The Hall–Kier alpha value is -3.76. The van der Waals surface area contributed by atoms with Gasteiger partial charge >= 0.3 is 12.1 Å². The van der Waals surface area contributed by atoms with Crippen LogP contribution in [-0.2, 0) is 9.59 Å². The molecule has 8 nitrogen and oxygen atoms in total. The number of hydrogen-bond acceptors (Lipinski definition) is 7. The zero-order valence-electron chi connectivity index (χ0n) is 18.3. The van der Waals surface area contributed by atoms with Crippen LogP contribution in [-0.4, -0.2) is 51.8 Å². The first kappa shape index (κ1) is 23.4. The normalized spacial score (nSPS) is 22.1. The van der Waals surface area contributed by atoms with Gasteiger partial charge < -0.3 is 14.4 Å². The second-order valence-corrected chi connectivity index (χ2v) is 8.19. The number of benzene rings is 1. The molecule has 1 N–H and O–H groups in total. The van der Waals surface area contributed by atoms with Gasteiger partial charge in [-0.25, -0.2) is 14.8 Å². The zero-order valence-corrected chi connectivity index (χ0v) is 18.3. The number of nitrogens with zero attached hydrogens (tertiary/aromatic N) is 3. The third kappa shape index (κ3) is 4.25. The van der Waals surface area contributed by atoms with Gasteiger partial charge in [-0.3, -0.25) is 10.2 Å². The van der Waals surface area contributed by atoms with Crippen LogP contribution in [0.1, 0.15) is 24.4 Å². The molecular weight excluding hydrogens is 453 g/mol. The maximum absolute atomic E-state index is 13.1. The Balaban J connectivity index is 1.49. The molecule has 1 fully saturated rings. The minimum Gasteiger partial charge on any atom is -0.467 e. The molecule has 1 amide bonds. The molecule has 2 heterocycles. The second kappa shape index (κ2) is 8.54. The number of esters is 1. The van der Waals surface area contributed by atoms with Crippen LogP contribution in [0.25, 0.3) is 0 Å². The quantitative estimate of drug-likeness (QED) is 0.285. The van der Waals surface area contributed by atoms with E-state index in [1.807, 2.05) is 0 Å². The number of ether oxygens (including phenoxy) is 2. The number of hydrogen-bond donors (Lipinski definition) is 1. The average Bonchev–Trinajstić information content (AvgIpc) is 2.97. The third-order valence-electron chi connectivity index (χ3n) is 5.93. The molecule has 34 heavy (non-hydrogen) atoms. The van der Waals surface area contributed by atoms with Crippen LogP contribution in [0, 0.1) is 23.7 Å². The fourth-order valence-corrected chi connectivity index (χ4v) is 4.04. The Morgan fingerprint density at radius 3 is 2.62 bits per heavy atom. The van der Waals surface area contributed by atoms with Crippen molar-refractivity contribution < 1.29 is 32.2 Å². The number of rotatable bonds is 7. The second-order valence-electron chi connectivity index (χ2n) is 8.19. The molecule has 2 aliphatic rings. The summed E-state index contributed by atoms with van der Waals surface area (Å²) in [5, 5.41) is 8.46. The SMILES string of the molecule is Cc1nc(C(C)N2CC3(C(=N)C(=O)Oc4ccccc4)C=CC3C2=O)cnc1OCC(F)(F)F. The van der Waals surface area contributed by atoms with Crippen LogP contribution in [0.4, 0.5) is 13.2 Å². The van der Waals surface area contributed by atoms with Crippen LogP contribution >= 0.6 is 0 Å². The monoisotopic (exact) mass is 474 g/mol. The molecule has 3 atom stereocenters. The van der Waals surface area contributed by atoms with Gasteiger partial charge in [-0.05, 0) is 26.0 Å². The highest BCUT2D eigenvalue weighted by atomic mass is 19.4. The minimum absolute atomic E-state index is 0.0595. The highest BCUT2D eigenvalue weighted by molar-refractivity contribution is 6.39. The molecule has 0 radical (unpaired) electrons. The van der Waals surface area contributed by atoms with Crippen molar-refractivity contribution >= 4 is 17.6 Å². The number of alkyl halides is 3. The smallest absolute Gasteiger partial charge is 0.422 e. The number of aromatic nitrogens is 2. The summed E-state index contributed by atoms with van der Waals surface area (Å²) < 4.78 is 47.2. The number of para-hydroxylation sites is 1. The van der Waals surface area contributed by atoms with Crippen LogP contribution in [0.3, 0.4) is 0 Å². The summed E-state index contributed by atoms with van der Waals surface area (Å²) in [4.78, 5) is 35.4. The van der Waals surface area contributed by atoms with E-state index in [1.165, 1.54) is 18.0 Å². The van der Waals surface area contributed by atoms with Crippen molar-refractivity contribution in [2.75, 3.05) is 13.2 Å². The Morgan fingerprint density at radius 1 is 1.32 bits per heavy atom.